The predicted molar refractivity (Wildman–Crippen MR) is 145 cm³/mol. The van der Waals surface area contributed by atoms with Crippen molar-refractivity contribution < 1.29 is 9.59 Å². The molecule has 1 aliphatic rings. The number of nitrogens with one attached hydrogen (secondary N) is 2. The molecule has 0 unspecified atom stereocenters. The number of anilines is 3. The van der Waals surface area contributed by atoms with Crippen molar-refractivity contribution in [2.24, 2.45) is 5.73 Å². The van der Waals surface area contributed by atoms with E-state index in [1.54, 1.807) is 0 Å². The van der Waals surface area contributed by atoms with E-state index in [1.165, 1.54) is 16.9 Å². The van der Waals surface area contributed by atoms with Crippen molar-refractivity contribution in [2.45, 2.75) is 6.54 Å². The molecular weight excluding hydrogens is 478 g/mol. The van der Waals surface area contributed by atoms with E-state index in [1.807, 2.05) is 78.5 Å². The van der Waals surface area contributed by atoms with E-state index in [2.05, 4.69) is 20.5 Å². The van der Waals surface area contributed by atoms with Gasteiger partial charge in [0, 0.05) is 42.4 Å². The third-order valence-corrected chi connectivity index (χ3v) is 7.64. The monoisotopic (exact) mass is 503 g/mol. The number of nitrogens with two attached hydrogens (primary N) is 1. The lowest BCUT2D eigenvalue weighted by molar-refractivity contribution is 0.0997. The second-order valence-corrected chi connectivity index (χ2v) is 10.5. The van der Waals surface area contributed by atoms with Gasteiger partial charge in [-0.15, -0.1) is 0 Å². The smallest absolute Gasteiger partial charge is 0.270 e. The zero-order chi connectivity index (χ0) is 24.2. The van der Waals surface area contributed by atoms with Gasteiger partial charge in [0.05, 0.1) is 0 Å². The summed E-state index contributed by atoms with van der Waals surface area (Å²) in [6, 6.07) is 21.6. The Balaban J connectivity index is 1.29. The zero-order valence-electron chi connectivity index (χ0n) is 19.0. The third kappa shape index (κ3) is 5.64. The van der Waals surface area contributed by atoms with Crippen molar-refractivity contribution in [3.05, 3.63) is 83.6 Å². The van der Waals surface area contributed by atoms with Crippen LogP contribution >= 0.6 is 23.1 Å². The van der Waals surface area contributed by atoms with E-state index >= 15 is 0 Å². The van der Waals surface area contributed by atoms with Crippen LogP contribution in [-0.4, -0.2) is 46.3 Å². The van der Waals surface area contributed by atoms with Gasteiger partial charge < -0.3 is 16.4 Å². The normalized spacial score (nSPS) is 14.1. The lowest BCUT2D eigenvalue weighted by atomic mass is 10.1. The van der Waals surface area contributed by atoms with Gasteiger partial charge in [-0.05, 0) is 40.6 Å². The number of nitrogens with zero attached hydrogens (tertiary/aromatic N) is 2. The van der Waals surface area contributed by atoms with Gasteiger partial charge in [0.15, 0.2) is 10.8 Å². The van der Waals surface area contributed by atoms with Gasteiger partial charge >= 0.3 is 0 Å². The number of aromatic nitrogens is 1. The SMILES string of the molecule is NC(=O)c1nc(Nc2ccc3ccccc3c2)sc1NC(=O)c1ccc(CN2CCSCC2)cc1. The fraction of sp³-hybridized carbons (Fsp3) is 0.192. The number of amides is 2. The van der Waals surface area contributed by atoms with Crippen LogP contribution in [0.1, 0.15) is 26.4 Å². The summed E-state index contributed by atoms with van der Waals surface area (Å²) in [4.78, 5) is 31.6. The predicted octanol–water partition coefficient (Wildman–Crippen LogP) is 4.94. The summed E-state index contributed by atoms with van der Waals surface area (Å²) in [5.41, 5.74) is 8.08. The average Bonchev–Trinajstić information content (AvgIpc) is 3.27. The maximum atomic E-state index is 12.9. The topological polar surface area (TPSA) is 100 Å². The van der Waals surface area contributed by atoms with E-state index in [0.717, 1.165) is 47.6 Å². The maximum Gasteiger partial charge on any atom is 0.270 e. The number of carbonyl (C=O) groups is 2. The number of hydrogen-bond acceptors (Lipinski definition) is 7. The number of thioether (sulfide) groups is 1. The molecule has 2 heterocycles. The number of carbonyl (C=O) groups excluding carboxylic acids is 2. The number of fused-ring (bicyclic) bond motifs is 1. The molecule has 2 amide bonds. The van der Waals surface area contributed by atoms with Gasteiger partial charge in [0.2, 0.25) is 0 Å². The first-order chi connectivity index (χ1) is 17.0. The van der Waals surface area contributed by atoms with Crippen LogP contribution in [0, 0.1) is 0 Å². The molecule has 1 aliphatic heterocycles. The van der Waals surface area contributed by atoms with Gasteiger partial charge in [0.1, 0.15) is 5.00 Å². The second-order valence-electron chi connectivity index (χ2n) is 8.29. The summed E-state index contributed by atoms with van der Waals surface area (Å²) >= 11 is 3.16. The lowest BCUT2D eigenvalue weighted by Crippen LogP contribution is -2.31. The molecule has 0 radical (unpaired) electrons. The summed E-state index contributed by atoms with van der Waals surface area (Å²) in [6.45, 7) is 3.06. The highest BCUT2D eigenvalue weighted by Crippen LogP contribution is 2.32. The van der Waals surface area contributed by atoms with E-state index in [-0.39, 0.29) is 11.6 Å². The molecule has 0 aliphatic carbocycles. The molecule has 0 saturated carbocycles. The minimum Gasteiger partial charge on any atom is -0.364 e. The van der Waals surface area contributed by atoms with Crippen molar-refractivity contribution in [2.75, 3.05) is 35.2 Å². The summed E-state index contributed by atoms with van der Waals surface area (Å²) in [5, 5.41) is 9.03. The van der Waals surface area contributed by atoms with Crippen LogP contribution in [0.3, 0.4) is 0 Å². The molecule has 1 aromatic heterocycles. The highest BCUT2D eigenvalue weighted by Gasteiger charge is 2.19. The highest BCUT2D eigenvalue weighted by atomic mass is 32.2. The molecule has 0 atom stereocenters. The van der Waals surface area contributed by atoms with Crippen molar-refractivity contribution >= 4 is 61.5 Å². The first-order valence-electron chi connectivity index (χ1n) is 11.3. The number of hydrogen-bond donors (Lipinski definition) is 3. The Hall–Kier alpha value is -3.40. The van der Waals surface area contributed by atoms with Gasteiger partial charge in [-0.3, -0.25) is 14.5 Å². The van der Waals surface area contributed by atoms with E-state index in [4.69, 9.17) is 5.73 Å². The van der Waals surface area contributed by atoms with Gasteiger partial charge in [-0.2, -0.15) is 11.8 Å². The molecule has 178 valence electrons. The Morgan fingerprint density at radius 2 is 1.71 bits per heavy atom. The molecule has 1 fully saturated rings. The zero-order valence-corrected chi connectivity index (χ0v) is 20.6. The van der Waals surface area contributed by atoms with E-state index < -0.39 is 5.91 Å². The maximum absolute atomic E-state index is 12.9. The molecule has 0 bridgehead atoms. The number of rotatable bonds is 7. The molecule has 3 aromatic carbocycles. The first kappa shape index (κ1) is 23.3. The van der Waals surface area contributed by atoms with Gasteiger partial charge in [0.25, 0.3) is 11.8 Å². The molecule has 5 rings (SSSR count). The van der Waals surface area contributed by atoms with Crippen molar-refractivity contribution in [1.29, 1.82) is 0 Å². The molecule has 4 aromatic rings. The quantitative estimate of drug-likeness (QED) is 0.330. The Bertz CT molecular complexity index is 1360. The molecule has 7 nitrogen and oxygen atoms in total. The van der Waals surface area contributed by atoms with Crippen LogP contribution in [0.5, 0.6) is 0 Å². The van der Waals surface area contributed by atoms with Crippen molar-refractivity contribution in [3.63, 3.8) is 0 Å². The van der Waals surface area contributed by atoms with Crippen LogP contribution < -0.4 is 16.4 Å². The Kier molecular flexibility index (Phi) is 6.98. The average molecular weight is 504 g/mol. The van der Waals surface area contributed by atoms with E-state index in [0.29, 0.717) is 15.7 Å². The standard InChI is InChI=1S/C26H25N5O2S2/c27-23(32)22-25(35-26(29-22)28-21-10-9-18-3-1-2-4-20(18)15-21)30-24(33)19-7-5-17(6-8-19)16-31-11-13-34-14-12-31/h1-10,15H,11-14,16H2,(H2,27,32)(H,28,29)(H,30,33). The summed E-state index contributed by atoms with van der Waals surface area (Å²) in [5.74, 6) is 1.32. The van der Waals surface area contributed by atoms with Crippen molar-refractivity contribution in [3.8, 4) is 0 Å². The van der Waals surface area contributed by atoms with Gasteiger partial charge in [-0.1, -0.05) is 53.8 Å². The fourth-order valence-corrected chi connectivity index (χ4v) is 5.83. The van der Waals surface area contributed by atoms with Crippen molar-refractivity contribution in [1.82, 2.24) is 9.88 Å². The molecule has 4 N–H and O–H groups in total. The van der Waals surface area contributed by atoms with Crippen LogP contribution in [-0.2, 0) is 6.54 Å². The number of primary amides is 1. The molecule has 35 heavy (non-hydrogen) atoms. The minimum atomic E-state index is -0.696. The van der Waals surface area contributed by atoms with Crippen LogP contribution in [0.25, 0.3) is 10.8 Å². The molecule has 1 saturated heterocycles. The Morgan fingerprint density at radius 3 is 2.46 bits per heavy atom. The molecular formula is C26H25N5O2S2. The molecule has 9 heteroatoms. The Labute approximate surface area is 211 Å². The van der Waals surface area contributed by atoms with Crippen LogP contribution in [0.2, 0.25) is 0 Å². The second kappa shape index (κ2) is 10.5. The van der Waals surface area contributed by atoms with Gasteiger partial charge in [-0.25, -0.2) is 4.98 Å². The summed E-state index contributed by atoms with van der Waals surface area (Å²) < 4.78 is 0. The third-order valence-electron chi connectivity index (χ3n) is 5.81. The molecule has 0 spiro atoms. The largest absolute Gasteiger partial charge is 0.364 e. The fourth-order valence-electron chi connectivity index (χ4n) is 3.97. The lowest BCUT2D eigenvalue weighted by Gasteiger charge is -2.26. The Morgan fingerprint density at radius 1 is 0.971 bits per heavy atom. The first-order valence-corrected chi connectivity index (χ1v) is 13.3. The summed E-state index contributed by atoms with van der Waals surface area (Å²) in [7, 11) is 0. The number of thiazole rings is 1. The minimum absolute atomic E-state index is 0.0335. The van der Waals surface area contributed by atoms with E-state index in [9.17, 15) is 9.59 Å². The highest BCUT2D eigenvalue weighted by molar-refractivity contribution is 7.99. The van der Waals surface area contributed by atoms with Crippen LogP contribution in [0.15, 0.2) is 66.7 Å². The summed E-state index contributed by atoms with van der Waals surface area (Å²) in [6.07, 6.45) is 0. The van der Waals surface area contributed by atoms with Crippen LogP contribution in [0.4, 0.5) is 15.8 Å². The number of benzene rings is 3.